The number of hydrogen-bond donors (Lipinski definition) is 1. The third-order valence-corrected chi connectivity index (χ3v) is 1.76. The molecule has 0 saturated carbocycles. The summed E-state index contributed by atoms with van der Waals surface area (Å²) in [5.74, 6) is 1.43. The summed E-state index contributed by atoms with van der Waals surface area (Å²) in [7, 11) is 3.75. The van der Waals surface area contributed by atoms with Gasteiger partial charge in [-0.2, -0.15) is 0 Å². The first-order chi connectivity index (χ1) is 5.78. The molecule has 0 heterocycles. The van der Waals surface area contributed by atoms with Gasteiger partial charge in [0.05, 0.1) is 5.60 Å². The van der Waals surface area contributed by atoms with Crippen LogP contribution >= 0.6 is 0 Å². The van der Waals surface area contributed by atoms with E-state index < -0.39 is 5.60 Å². The van der Waals surface area contributed by atoms with Crippen molar-refractivity contribution in [2.45, 2.75) is 33.3 Å². The molecule has 0 radical (unpaired) electrons. The number of aliphatic imine (C=N–C) groups is 1. The van der Waals surface area contributed by atoms with Gasteiger partial charge >= 0.3 is 0 Å². The predicted octanol–water partition coefficient (Wildman–Crippen LogP) is 1.37. The number of aliphatic hydroxyl groups is 1. The molecule has 1 N–H and O–H groups in total. The quantitative estimate of drug-likeness (QED) is 0.534. The fourth-order valence-corrected chi connectivity index (χ4v) is 1.53. The van der Waals surface area contributed by atoms with E-state index in [0.717, 1.165) is 5.84 Å². The Morgan fingerprint density at radius 3 is 2.15 bits per heavy atom. The summed E-state index contributed by atoms with van der Waals surface area (Å²) < 4.78 is 0. The van der Waals surface area contributed by atoms with Crippen LogP contribution in [0.2, 0.25) is 0 Å². The molecule has 0 amide bonds. The Labute approximate surface area is 81.5 Å². The van der Waals surface area contributed by atoms with E-state index in [0.29, 0.717) is 12.5 Å². The minimum absolute atomic E-state index is 0.400. The third-order valence-electron chi connectivity index (χ3n) is 1.76. The van der Waals surface area contributed by atoms with Crippen LogP contribution in [0.4, 0.5) is 0 Å². The molecule has 0 atom stereocenters. The second-order valence-electron chi connectivity index (χ2n) is 4.41. The molecule has 0 aliphatic rings. The Morgan fingerprint density at radius 2 is 1.92 bits per heavy atom. The summed E-state index contributed by atoms with van der Waals surface area (Å²) in [6.07, 6.45) is 0. The van der Waals surface area contributed by atoms with E-state index in [1.807, 2.05) is 11.9 Å². The van der Waals surface area contributed by atoms with Crippen molar-refractivity contribution in [2.24, 2.45) is 10.9 Å². The van der Waals surface area contributed by atoms with Crippen molar-refractivity contribution in [3.05, 3.63) is 0 Å². The molecule has 0 aliphatic carbocycles. The number of amidine groups is 1. The Bertz CT molecular complexity index is 180. The summed E-state index contributed by atoms with van der Waals surface area (Å²) in [5, 5.41) is 9.62. The van der Waals surface area contributed by atoms with Gasteiger partial charge in [-0.1, -0.05) is 13.8 Å². The van der Waals surface area contributed by atoms with Gasteiger partial charge in [-0.15, -0.1) is 0 Å². The zero-order valence-electron chi connectivity index (χ0n) is 9.63. The van der Waals surface area contributed by atoms with Crippen LogP contribution in [0.15, 0.2) is 4.99 Å². The highest BCUT2D eigenvalue weighted by atomic mass is 16.3. The van der Waals surface area contributed by atoms with Gasteiger partial charge in [0.25, 0.3) is 0 Å². The number of likely N-dealkylation sites (N-methyl/N-ethyl adjacent to an activating group) is 1. The van der Waals surface area contributed by atoms with Gasteiger partial charge in [-0.3, -0.25) is 4.99 Å². The summed E-state index contributed by atoms with van der Waals surface area (Å²) in [4.78, 5) is 6.21. The fourth-order valence-electron chi connectivity index (χ4n) is 1.53. The molecule has 0 aromatic heterocycles. The van der Waals surface area contributed by atoms with E-state index in [1.54, 1.807) is 20.9 Å². The van der Waals surface area contributed by atoms with Crippen LogP contribution in [0.3, 0.4) is 0 Å². The summed E-state index contributed by atoms with van der Waals surface area (Å²) in [6, 6.07) is 0. The number of hydrogen-bond acceptors (Lipinski definition) is 2. The van der Waals surface area contributed by atoms with E-state index in [4.69, 9.17) is 0 Å². The molecule has 0 rings (SSSR count). The lowest BCUT2D eigenvalue weighted by atomic mass is 10.1. The number of rotatable bonds is 3. The Balaban J connectivity index is 4.33. The van der Waals surface area contributed by atoms with Gasteiger partial charge in [-0.25, -0.2) is 0 Å². The highest BCUT2D eigenvalue weighted by Crippen LogP contribution is 2.07. The van der Waals surface area contributed by atoms with Gasteiger partial charge < -0.3 is 10.0 Å². The van der Waals surface area contributed by atoms with Crippen molar-refractivity contribution < 1.29 is 5.11 Å². The highest BCUT2D eigenvalue weighted by Gasteiger charge is 2.19. The van der Waals surface area contributed by atoms with Gasteiger partial charge in [0.2, 0.25) is 0 Å². The van der Waals surface area contributed by atoms with Crippen LogP contribution in [0.25, 0.3) is 0 Å². The first-order valence-corrected chi connectivity index (χ1v) is 4.68. The molecule has 0 unspecified atom stereocenters. The van der Waals surface area contributed by atoms with Gasteiger partial charge in [0.15, 0.2) is 0 Å². The van der Waals surface area contributed by atoms with Crippen LogP contribution in [0.1, 0.15) is 27.7 Å². The second-order valence-corrected chi connectivity index (χ2v) is 4.41. The summed E-state index contributed by atoms with van der Waals surface area (Å²) in [6.45, 7) is 8.42. The highest BCUT2D eigenvalue weighted by molar-refractivity contribution is 5.83. The topological polar surface area (TPSA) is 35.8 Å². The predicted molar refractivity (Wildman–Crippen MR) is 57.1 cm³/mol. The molecule has 0 bridgehead atoms. The van der Waals surface area contributed by atoms with Crippen LogP contribution in [0.5, 0.6) is 0 Å². The smallest absolute Gasteiger partial charge is 0.101 e. The van der Waals surface area contributed by atoms with E-state index in [9.17, 15) is 5.11 Å². The maximum absolute atomic E-state index is 9.62. The van der Waals surface area contributed by atoms with Crippen molar-refractivity contribution in [2.75, 3.05) is 20.6 Å². The van der Waals surface area contributed by atoms with Crippen molar-refractivity contribution in [3.63, 3.8) is 0 Å². The monoisotopic (exact) mass is 186 g/mol. The SMILES string of the molecule is CN=C(C(C)C)N(C)CC(C)(C)O. The molecule has 0 spiro atoms. The normalized spacial score (nSPS) is 13.7. The average molecular weight is 186 g/mol. The molecule has 0 aromatic rings. The van der Waals surface area contributed by atoms with Crippen molar-refractivity contribution >= 4 is 5.84 Å². The lowest BCUT2D eigenvalue weighted by Gasteiger charge is -2.29. The van der Waals surface area contributed by atoms with E-state index in [-0.39, 0.29) is 0 Å². The first-order valence-electron chi connectivity index (χ1n) is 4.68. The summed E-state index contributed by atoms with van der Waals surface area (Å²) >= 11 is 0. The van der Waals surface area contributed by atoms with E-state index in [2.05, 4.69) is 18.8 Å². The molecule has 0 aromatic carbocycles. The molecule has 78 valence electrons. The van der Waals surface area contributed by atoms with Gasteiger partial charge in [0.1, 0.15) is 5.84 Å². The Hall–Kier alpha value is -0.570. The first kappa shape index (κ1) is 12.4. The lowest BCUT2D eigenvalue weighted by molar-refractivity contribution is 0.0605. The Morgan fingerprint density at radius 1 is 1.46 bits per heavy atom. The van der Waals surface area contributed by atoms with Gasteiger partial charge in [-0.05, 0) is 13.8 Å². The van der Waals surface area contributed by atoms with E-state index in [1.165, 1.54) is 0 Å². The van der Waals surface area contributed by atoms with Crippen LogP contribution < -0.4 is 0 Å². The molecule has 0 aliphatic heterocycles. The maximum atomic E-state index is 9.62. The Kier molecular flexibility index (Phi) is 4.40. The minimum atomic E-state index is -0.667. The zero-order valence-corrected chi connectivity index (χ0v) is 9.63. The largest absolute Gasteiger partial charge is 0.389 e. The molecule has 3 nitrogen and oxygen atoms in total. The molecular weight excluding hydrogens is 164 g/mol. The molecule has 3 heteroatoms. The van der Waals surface area contributed by atoms with Crippen molar-refractivity contribution in [3.8, 4) is 0 Å². The van der Waals surface area contributed by atoms with Crippen LogP contribution in [0, 0.1) is 5.92 Å². The molecular formula is C10H22N2O. The standard InChI is InChI=1S/C10H22N2O/c1-8(2)9(11-5)12(6)7-10(3,4)13/h8,13H,7H2,1-6H3. The second kappa shape index (κ2) is 4.61. The molecule has 0 fully saturated rings. The van der Waals surface area contributed by atoms with Crippen LogP contribution in [-0.2, 0) is 0 Å². The van der Waals surface area contributed by atoms with E-state index >= 15 is 0 Å². The van der Waals surface area contributed by atoms with Crippen LogP contribution in [-0.4, -0.2) is 42.1 Å². The molecule has 13 heavy (non-hydrogen) atoms. The average Bonchev–Trinajstić information content (AvgIpc) is 1.82. The van der Waals surface area contributed by atoms with Gasteiger partial charge in [0, 0.05) is 26.6 Å². The minimum Gasteiger partial charge on any atom is -0.389 e. The zero-order chi connectivity index (χ0) is 10.6. The maximum Gasteiger partial charge on any atom is 0.101 e. The van der Waals surface area contributed by atoms with Crippen molar-refractivity contribution in [1.82, 2.24) is 4.90 Å². The van der Waals surface area contributed by atoms with Crippen molar-refractivity contribution in [1.29, 1.82) is 0 Å². The summed E-state index contributed by atoms with van der Waals surface area (Å²) in [5.41, 5.74) is -0.667. The number of nitrogens with zero attached hydrogens (tertiary/aromatic N) is 2. The molecule has 0 saturated heterocycles. The lowest BCUT2D eigenvalue weighted by Crippen LogP contribution is -2.41. The fraction of sp³-hybridized carbons (Fsp3) is 0.900. The third kappa shape index (κ3) is 4.88.